The average molecular weight is 408 g/mol. The second-order valence-electron chi connectivity index (χ2n) is 8.04. The molecular weight excluding hydrogens is 376 g/mol. The highest BCUT2D eigenvalue weighted by atomic mass is 16.6. The SMILES string of the molecule is CC(C)(C)OC(=O)NC(Cc1ccc(OCCCN2CCOCC2)cc1)C(=O)O. The number of amides is 1. The Bertz CT molecular complexity index is 650. The van der Waals surface area contributed by atoms with E-state index in [0.29, 0.717) is 6.61 Å². The van der Waals surface area contributed by atoms with Crippen molar-refractivity contribution < 1.29 is 28.9 Å². The summed E-state index contributed by atoms with van der Waals surface area (Å²) in [6.45, 7) is 10.3. The molecule has 0 bridgehead atoms. The zero-order chi connectivity index (χ0) is 21.3. The number of aliphatic carboxylic acids is 1. The quantitative estimate of drug-likeness (QED) is 0.605. The van der Waals surface area contributed by atoms with Gasteiger partial charge < -0.3 is 24.6 Å². The van der Waals surface area contributed by atoms with Gasteiger partial charge in [0.2, 0.25) is 0 Å². The number of carbonyl (C=O) groups excluding carboxylic acids is 1. The first kappa shape index (κ1) is 23.0. The van der Waals surface area contributed by atoms with Crippen molar-refractivity contribution in [3.05, 3.63) is 29.8 Å². The van der Waals surface area contributed by atoms with Crippen molar-refractivity contribution in [3.63, 3.8) is 0 Å². The van der Waals surface area contributed by atoms with E-state index >= 15 is 0 Å². The van der Waals surface area contributed by atoms with Gasteiger partial charge in [0.1, 0.15) is 17.4 Å². The first-order valence-corrected chi connectivity index (χ1v) is 9.97. The third-order valence-electron chi connectivity index (χ3n) is 4.34. The van der Waals surface area contributed by atoms with E-state index in [4.69, 9.17) is 14.2 Å². The first-order chi connectivity index (χ1) is 13.7. The van der Waals surface area contributed by atoms with Gasteiger partial charge in [-0.1, -0.05) is 12.1 Å². The second kappa shape index (κ2) is 11.0. The number of hydrogen-bond donors (Lipinski definition) is 2. The normalized spacial score (nSPS) is 16.1. The number of rotatable bonds is 9. The maximum atomic E-state index is 11.9. The molecule has 162 valence electrons. The molecule has 2 rings (SSSR count). The molecule has 0 spiro atoms. The molecule has 1 unspecified atom stereocenters. The van der Waals surface area contributed by atoms with Gasteiger partial charge in [-0.15, -0.1) is 0 Å². The number of alkyl carbamates (subject to hydrolysis) is 1. The molecule has 1 aliphatic heterocycles. The summed E-state index contributed by atoms with van der Waals surface area (Å²) in [4.78, 5) is 25.7. The summed E-state index contributed by atoms with van der Waals surface area (Å²) in [5, 5.41) is 11.8. The van der Waals surface area contributed by atoms with Crippen LogP contribution in [0.5, 0.6) is 5.75 Å². The van der Waals surface area contributed by atoms with Crippen molar-refractivity contribution in [2.45, 2.75) is 45.3 Å². The highest BCUT2D eigenvalue weighted by Gasteiger charge is 2.24. The van der Waals surface area contributed by atoms with Gasteiger partial charge in [0, 0.05) is 26.1 Å². The van der Waals surface area contributed by atoms with Gasteiger partial charge in [-0.2, -0.15) is 0 Å². The minimum Gasteiger partial charge on any atom is -0.494 e. The molecule has 1 atom stereocenters. The molecule has 8 heteroatoms. The van der Waals surface area contributed by atoms with Gasteiger partial charge in [-0.3, -0.25) is 4.90 Å². The summed E-state index contributed by atoms with van der Waals surface area (Å²) >= 11 is 0. The van der Waals surface area contributed by atoms with Crippen LogP contribution < -0.4 is 10.1 Å². The van der Waals surface area contributed by atoms with Gasteiger partial charge in [0.25, 0.3) is 0 Å². The summed E-state index contributed by atoms with van der Waals surface area (Å²) in [6.07, 6.45) is 0.347. The molecule has 1 amide bonds. The Morgan fingerprint density at radius 1 is 1.21 bits per heavy atom. The highest BCUT2D eigenvalue weighted by molar-refractivity contribution is 5.80. The second-order valence-corrected chi connectivity index (χ2v) is 8.04. The highest BCUT2D eigenvalue weighted by Crippen LogP contribution is 2.15. The smallest absolute Gasteiger partial charge is 0.408 e. The molecule has 29 heavy (non-hydrogen) atoms. The Balaban J connectivity index is 1.76. The molecule has 8 nitrogen and oxygen atoms in total. The average Bonchev–Trinajstić information content (AvgIpc) is 2.65. The van der Waals surface area contributed by atoms with Crippen LogP contribution in [0, 0.1) is 0 Å². The van der Waals surface area contributed by atoms with Crippen molar-refractivity contribution in [2.24, 2.45) is 0 Å². The van der Waals surface area contributed by atoms with Crippen LogP contribution in [-0.2, 0) is 20.7 Å². The Hall–Kier alpha value is -2.32. The predicted octanol–water partition coefficient (Wildman–Crippen LogP) is 2.31. The Morgan fingerprint density at radius 3 is 2.45 bits per heavy atom. The van der Waals surface area contributed by atoms with Crippen molar-refractivity contribution in [3.8, 4) is 5.75 Å². The molecule has 1 aromatic rings. The number of nitrogens with one attached hydrogen (secondary N) is 1. The maximum absolute atomic E-state index is 11.9. The summed E-state index contributed by atoms with van der Waals surface area (Å²) in [6, 6.07) is 6.19. The Kier molecular flexibility index (Phi) is 8.72. The van der Waals surface area contributed by atoms with Crippen molar-refractivity contribution in [1.82, 2.24) is 10.2 Å². The molecule has 0 radical (unpaired) electrons. The van der Waals surface area contributed by atoms with E-state index in [1.165, 1.54) is 0 Å². The minimum atomic E-state index is -1.11. The van der Waals surface area contributed by atoms with E-state index in [0.717, 1.165) is 50.6 Å². The largest absolute Gasteiger partial charge is 0.494 e. The molecule has 0 saturated carbocycles. The topological polar surface area (TPSA) is 97.3 Å². The number of benzene rings is 1. The van der Waals surface area contributed by atoms with Crippen molar-refractivity contribution >= 4 is 12.1 Å². The van der Waals surface area contributed by atoms with Crippen LogP contribution in [0.15, 0.2) is 24.3 Å². The number of nitrogens with zero attached hydrogens (tertiary/aromatic N) is 1. The lowest BCUT2D eigenvalue weighted by molar-refractivity contribution is -0.139. The molecule has 1 heterocycles. The summed E-state index contributed by atoms with van der Waals surface area (Å²) in [5.74, 6) is -0.373. The van der Waals surface area contributed by atoms with Crippen LogP contribution in [0.4, 0.5) is 4.79 Å². The Morgan fingerprint density at radius 2 is 1.86 bits per heavy atom. The minimum absolute atomic E-state index is 0.159. The predicted molar refractivity (Wildman–Crippen MR) is 108 cm³/mol. The number of ether oxygens (including phenoxy) is 3. The van der Waals surface area contributed by atoms with E-state index in [2.05, 4.69) is 10.2 Å². The van der Waals surface area contributed by atoms with Gasteiger partial charge in [0.05, 0.1) is 19.8 Å². The molecule has 1 aromatic carbocycles. The fourth-order valence-electron chi connectivity index (χ4n) is 2.91. The number of morpholine rings is 1. The fraction of sp³-hybridized carbons (Fsp3) is 0.619. The molecule has 0 aliphatic carbocycles. The van der Waals surface area contributed by atoms with Gasteiger partial charge in [-0.05, 0) is 44.9 Å². The monoisotopic (exact) mass is 408 g/mol. The summed E-state index contributed by atoms with van der Waals surface area (Å²) in [7, 11) is 0. The molecule has 1 aliphatic rings. The van der Waals surface area contributed by atoms with Crippen LogP contribution in [0.3, 0.4) is 0 Å². The van der Waals surface area contributed by atoms with Crippen LogP contribution in [0.1, 0.15) is 32.8 Å². The van der Waals surface area contributed by atoms with E-state index in [1.807, 2.05) is 24.3 Å². The fourth-order valence-corrected chi connectivity index (χ4v) is 2.91. The summed E-state index contributed by atoms with van der Waals surface area (Å²) in [5.41, 5.74) is 0.0996. The van der Waals surface area contributed by atoms with Crippen molar-refractivity contribution in [2.75, 3.05) is 39.5 Å². The number of carboxylic acids is 1. The number of carbonyl (C=O) groups is 2. The van der Waals surface area contributed by atoms with Crippen LogP contribution in [0.25, 0.3) is 0 Å². The first-order valence-electron chi connectivity index (χ1n) is 9.97. The third kappa shape index (κ3) is 9.15. The lowest BCUT2D eigenvalue weighted by atomic mass is 10.1. The molecule has 1 saturated heterocycles. The lowest BCUT2D eigenvalue weighted by Gasteiger charge is -2.26. The standard InChI is InChI=1S/C21H32N2O6/c1-21(2,3)29-20(26)22-18(19(24)25)15-16-5-7-17(8-6-16)28-12-4-9-23-10-13-27-14-11-23/h5-8,18H,4,9-15H2,1-3H3,(H,22,26)(H,24,25). The number of hydrogen-bond acceptors (Lipinski definition) is 6. The summed E-state index contributed by atoms with van der Waals surface area (Å²) < 4.78 is 16.2. The van der Waals surface area contributed by atoms with Crippen molar-refractivity contribution in [1.29, 1.82) is 0 Å². The maximum Gasteiger partial charge on any atom is 0.408 e. The zero-order valence-corrected chi connectivity index (χ0v) is 17.5. The van der Waals surface area contributed by atoms with Crippen LogP contribution in [0.2, 0.25) is 0 Å². The van der Waals surface area contributed by atoms with E-state index in [-0.39, 0.29) is 6.42 Å². The molecule has 2 N–H and O–H groups in total. The lowest BCUT2D eigenvalue weighted by Crippen LogP contribution is -2.44. The third-order valence-corrected chi connectivity index (χ3v) is 4.34. The van der Waals surface area contributed by atoms with Gasteiger partial charge in [-0.25, -0.2) is 9.59 Å². The zero-order valence-electron chi connectivity index (χ0n) is 17.5. The van der Waals surface area contributed by atoms with E-state index in [1.54, 1.807) is 20.8 Å². The van der Waals surface area contributed by atoms with Gasteiger partial charge >= 0.3 is 12.1 Å². The molecule has 1 fully saturated rings. The van der Waals surface area contributed by atoms with E-state index < -0.39 is 23.7 Å². The molecule has 0 aromatic heterocycles. The van der Waals surface area contributed by atoms with Gasteiger partial charge in [0.15, 0.2) is 0 Å². The van der Waals surface area contributed by atoms with Crippen LogP contribution >= 0.6 is 0 Å². The Labute approximate surface area is 172 Å². The van der Waals surface area contributed by atoms with Crippen LogP contribution in [-0.4, -0.2) is 73.2 Å². The molecular formula is C21H32N2O6. The van der Waals surface area contributed by atoms with E-state index in [9.17, 15) is 14.7 Å². The number of carboxylic acid groups (broad SMARTS) is 1.